The van der Waals surface area contributed by atoms with Crippen molar-refractivity contribution in [2.24, 2.45) is 5.73 Å². The van der Waals surface area contributed by atoms with Crippen LogP contribution < -0.4 is 16.6 Å². The van der Waals surface area contributed by atoms with Gasteiger partial charge in [-0.1, -0.05) is 30.4 Å². The van der Waals surface area contributed by atoms with Gasteiger partial charge in [-0.15, -0.1) is 0 Å². The molecule has 1 aromatic heterocycles. The lowest BCUT2D eigenvalue weighted by Crippen LogP contribution is -2.21. The third-order valence-electron chi connectivity index (χ3n) is 2.78. The van der Waals surface area contributed by atoms with Crippen LogP contribution in [0.1, 0.15) is 21.6 Å². The Morgan fingerprint density at radius 3 is 2.60 bits per heavy atom. The molecule has 0 radical (unpaired) electrons. The molecule has 0 bridgehead atoms. The zero-order valence-electron chi connectivity index (χ0n) is 10.8. The summed E-state index contributed by atoms with van der Waals surface area (Å²) < 4.78 is 0. The second-order valence-electron chi connectivity index (χ2n) is 4.24. The lowest BCUT2D eigenvalue weighted by molar-refractivity contribution is 0.102. The molecule has 0 fully saturated rings. The lowest BCUT2D eigenvalue weighted by Gasteiger charge is -2.12. The number of hydrogen-bond acceptors (Lipinski definition) is 3. The third kappa shape index (κ3) is 2.92. The van der Waals surface area contributed by atoms with E-state index in [1.54, 1.807) is 12.1 Å². The summed E-state index contributed by atoms with van der Waals surface area (Å²) in [5, 5.41) is 2.70. The highest BCUT2D eigenvalue weighted by Gasteiger charge is 2.12. The van der Waals surface area contributed by atoms with Crippen LogP contribution in [0.25, 0.3) is 0 Å². The van der Waals surface area contributed by atoms with Crippen molar-refractivity contribution < 1.29 is 4.79 Å². The molecule has 102 valence electrons. The van der Waals surface area contributed by atoms with E-state index in [2.05, 4.69) is 10.3 Å². The minimum absolute atomic E-state index is 0.174. The second-order valence-corrected chi connectivity index (χ2v) is 4.68. The average molecular weight is 287 g/mol. The van der Waals surface area contributed by atoms with Crippen molar-refractivity contribution in [2.75, 3.05) is 5.32 Å². The number of thiocarbonyl (C=S) groups is 1. The predicted molar refractivity (Wildman–Crippen MR) is 82.1 cm³/mol. The number of benzene rings is 1. The maximum Gasteiger partial charge on any atom is 0.272 e. The van der Waals surface area contributed by atoms with Crippen LogP contribution in [-0.2, 0) is 0 Å². The SMILES string of the molecule is Cc1cccc(NC(=O)c2cccc(=O)[nH]2)c1C(N)=S. The van der Waals surface area contributed by atoms with Gasteiger partial charge in [-0.3, -0.25) is 9.59 Å². The highest BCUT2D eigenvalue weighted by Crippen LogP contribution is 2.19. The van der Waals surface area contributed by atoms with E-state index in [1.165, 1.54) is 18.2 Å². The molecular formula is C14H13N3O2S. The summed E-state index contributed by atoms with van der Waals surface area (Å²) in [6.45, 7) is 1.86. The van der Waals surface area contributed by atoms with E-state index in [0.29, 0.717) is 11.3 Å². The molecule has 1 heterocycles. The van der Waals surface area contributed by atoms with Crippen LogP contribution in [0.3, 0.4) is 0 Å². The first kappa shape index (κ1) is 14.0. The Hall–Kier alpha value is -2.47. The summed E-state index contributed by atoms with van der Waals surface area (Å²) in [6.07, 6.45) is 0. The monoisotopic (exact) mass is 287 g/mol. The minimum Gasteiger partial charge on any atom is -0.389 e. The summed E-state index contributed by atoms with van der Waals surface area (Å²) in [6, 6.07) is 9.73. The Bertz CT molecular complexity index is 737. The molecule has 0 aliphatic heterocycles. The third-order valence-corrected chi connectivity index (χ3v) is 2.98. The van der Waals surface area contributed by atoms with E-state index in [1.807, 2.05) is 13.0 Å². The Morgan fingerprint density at radius 1 is 1.25 bits per heavy atom. The molecule has 0 unspecified atom stereocenters. The molecule has 0 aliphatic rings. The lowest BCUT2D eigenvalue weighted by atomic mass is 10.1. The van der Waals surface area contributed by atoms with Gasteiger partial charge in [0.1, 0.15) is 10.7 Å². The molecule has 0 aliphatic carbocycles. The molecule has 1 aromatic carbocycles. The van der Waals surface area contributed by atoms with Crippen molar-refractivity contribution in [1.82, 2.24) is 4.98 Å². The molecule has 2 aromatic rings. The highest BCUT2D eigenvalue weighted by molar-refractivity contribution is 7.80. The standard InChI is InChI=1S/C14H13N3O2S/c1-8-4-2-5-9(12(8)13(15)20)17-14(19)10-6-3-7-11(18)16-10/h2-7H,1H3,(H2,15,20)(H,16,18)(H,17,19). The maximum atomic E-state index is 12.1. The number of rotatable bonds is 3. The number of aromatic amines is 1. The Kier molecular flexibility index (Phi) is 3.95. The number of hydrogen-bond donors (Lipinski definition) is 3. The first-order valence-electron chi connectivity index (χ1n) is 5.89. The van der Waals surface area contributed by atoms with E-state index >= 15 is 0 Å². The van der Waals surface area contributed by atoms with Crippen LogP contribution in [0.2, 0.25) is 0 Å². The maximum absolute atomic E-state index is 12.1. The summed E-state index contributed by atoms with van der Waals surface area (Å²) in [5.74, 6) is -0.425. The van der Waals surface area contributed by atoms with Crippen molar-refractivity contribution in [3.8, 4) is 0 Å². The number of carbonyl (C=O) groups is 1. The normalized spacial score (nSPS) is 10.1. The average Bonchev–Trinajstić information content (AvgIpc) is 2.38. The Labute approximate surface area is 120 Å². The fourth-order valence-electron chi connectivity index (χ4n) is 1.87. The number of amides is 1. The van der Waals surface area contributed by atoms with Crippen molar-refractivity contribution in [1.29, 1.82) is 0 Å². The number of aromatic nitrogens is 1. The number of carbonyl (C=O) groups excluding carboxylic acids is 1. The Balaban J connectivity index is 2.36. The molecule has 1 amide bonds. The highest BCUT2D eigenvalue weighted by atomic mass is 32.1. The number of aryl methyl sites for hydroxylation is 1. The smallest absolute Gasteiger partial charge is 0.272 e. The summed E-state index contributed by atoms with van der Waals surface area (Å²) >= 11 is 5.00. The van der Waals surface area contributed by atoms with Crippen LogP contribution in [0.5, 0.6) is 0 Å². The molecule has 5 nitrogen and oxygen atoms in total. The molecule has 0 spiro atoms. The minimum atomic E-state index is -0.425. The molecular weight excluding hydrogens is 274 g/mol. The van der Waals surface area contributed by atoms with Crippen LogP contribution in [-0.4, -0.2) is 15.9 Å². The summed E-state index contributed by atoms with van der Waals surface area (Å²) in [5.41, 5.74) is 7.53. The molecule has 0 saturated carbocycles. The number of nitrogens with one attached hydrogen (secondary N) is 2. The summed E-state index contributed by atoms with van der Waals surface area (Å²) in [7, 11) is 0. The van der Waals surface area contributed by atoms with Gasteiger partial charge in [0.15, 0.2) is 0 Å². The summed E-state index contributed by atoms with van der Waals surface area (Å²) in [4.78, 5) is 26.0. The van der Waals surface area contributed by atoms with Gasteiger partial charge in [0.05, 0.1) is 5.69 Å². The van der Waals surface area contributed by atoms with Crippen molar-refractivity contribution >= 4 is 28.8 Å². The van der Waals surface area contributed by atoms with Gasteiger partial charge in [0, 0.05) is 11.6 Å². The first-order valence-corrected chi connectivity index (χ1v) is 6.30. The van der Waals surface area contributed by atoms with Gasteiger partial charge < -0.3 is 16.0 Å². The number of anilines is 1. The fourth-order valence-corrected chi connectivity index (χ4v) is 2.14. The molecule has 0 atom stereocenters. The zero-order valence-corrected chi connectivity index (χ0v) is 11.6. The predicted octanol–water partition coefficient (Wildman–Crippen LogP) is 1.57. The molecule has 6 heteroatoms. The van der Waals surface area contributed by atoms with Gasteiger partial charge in [0.2, 0.25) is 5.56 Å². The van der Waals surface area contributed by atoms with Gasteiger partial charge in [-0.25, -0.2) is 0 Å². The van der Waals surface area contributed by atoms with Gasteiger partial charge in [-0.2, -0.15) is 0 Å². The van der Waals surface area contributed by atoms with Crippen LogP contribution in [0.15, 0.2) is 41.2 Å². The molecule has 4 N–H and O–H groups in total. The van der Waals surface area contributed by atoms with Crippen LogP contribution in [0, 0.1) is 6.92 Å². The van der Waals surface area contributed by atoms with Gasteiger partial charge >= 0.3 is 0 Å². The first-order chi connectivity index (χ1) is 9.49. The number of nitrogens with two attached hydrogens (primary N) is 1. The number of pyridine rings is 1. The van der Waals surface area contributed by atoms with Gasteiger partial charge in [0.25, 0.3) is 5.91 Å². The van der Waals surface area contributed by atoms with E-state index in [4.69, 9.17) is 18.0 Å². The van der Waals surface area contributed by atoms with Crippen molar-refractivity contribution in [2.45, 2.75) is 6.92 Å². The second kappa shape index (κ2) is 5.66. The van der Waals surface area contributed by atoms with Crippen LogP contribution >= 0.6 is 12.2 Å². The Morgan fingerprint density at radius 2 is 1.95 bits per heavy atom. The van der Waals surface area contributed by atoms with Gasteiger partial charge in [-0.05, 0) is 24.6 Å². The largest absolute Gasteiger partial charge is 0.389 e. The van der Waals surface area contributed by atoms with E-state index in [-0.39, 0.29) is 16.2 Å². The van der Waals surface area contributed by atoms with E-state index in [0.717, 1.165) is 5.56 Å². The van der Waals surface area contributed by atoms with E-state index < -0.39 is 5.91 Å². The molecule has 0 saturated heterocycles. The quantitative estimate of drug-likeness (QED) is 0.748. The molecule has 20 heavy (non-hydrogen) atoms. The van der Waals surface area contributed by atoms with Crippen molar-refractivity contribution in [3.63, 3.8) is 0 Å². The fraction of sp³-hybridized carbons (Fsp3) is 0.0714. The van der Waals surface area contributed by atoms with E-state index in [9.17, 15) is 9.59 Å². The van der Waals surface area contributed by atoms with Crippen molar-refractivity contribution in [3.05, 3.63) is 63.6 Å². The number of H-pyrrole nitrogens is 1. The topological polar surface area (TPSA) is 88.0 Å². The van der Waals surface area contributed by atoms with Crippen LogP contribution in [0.4, 0.5) is 5.69 Å². The molecule has 2 rings (SSSR count). The zero-order chi connectivity index (χ0) is 14.7.